The Kier molecular flexibility index (Phi) is 6.54. The highest BCUT2D eigenvalue weighted by molar-refractivity contribution is 5.76. The van der Waals surface area contributed by atoms with E-state index in [2.05, 4.69) is 29.1 Å². The fourth-order valence-corrected chi connectivity index (χ4v) is 3.86. The van der Waals surface area contributed by atoms with Crippen molar-refractivity contribution in [1.29, 1.82) is 0 Å². The maximum atomic E-state index is 12.9. The van der Waals surface area contributed by atoms with E-state index in [1.54, 1.807) is 18.1 Å². The third kappa shape index (κ3) is 4.82. The lowest BCUT2D eigenvalue weighted by Gasteiger charge is -2.36. The quantitative estimate of drug-likeness (QED) is 0.599. The molecule has 1 aliphatic heterocycles. The molecule has 0 unspecified atom stereocenters. The van der Waals surface area contributed by atoms with Gasteiger partial charge in [0, 0.05) is 43.5 Å². The highest BCUT2D eigenvalue weighted by Crippen LogP contribution is 2.21. The second-order valence-corrected chi connectivity index (χ2v) is 7.83. The lowest BCUT2D eigenvalue weighted by Crippen LogP contribution is -2.50. The number of hydrogen-bond acceptors (Lipinski definition) is 5. The minimum absolute atomic E-state index is 0.0533. The van der Waals surface area contributed by atoms with Crippen molar-refractivity contribution in [2.45, 2.75) is 19.9 Å². The van der Waals surface area contributed by atoms with Gasteiger partial charge in [0.2, 0.25) is 5.91 Å². The Balaban J connectivity index is 1.40. The van der Waals surface area contributed by atoms with Crippen LogP contribution in [0, 0.1) is 0 Å². The van der Waals surface area contributed by atoms with Crippen molar-refractivity contribution >= 4 is 11.6 Å². The molecular weight excluding hydrogens is 404 g/mol. The second-order valence-electron chi connectivity index (χ2n) is 7.83. The van der Waals surface area contributed by atoms with E-state index in [0.29, 0.717) is 18.8 Å². The van der Waals surface area contributed by atoms with Gasteiger partial charge in [0.15, 0.2) is 0 Å². The van der Waals surface area contributed by atoms with Crippen LogP contribution >= 0.6 is 0 Å². The van der Waals surface area contributed by atoms with Crippen molar-refractivity contribution < 1.29 is 9.53 Å². The standard InChI is InChI=1S/C25H28N4O3/c1-3-19-4-6-20(7-5-19)23-12-13-24(30)29(26-23)18-25(31)28-16-14-27(15-17-28)21-8-10-22(32-2)11-9-21/h4-13H,3,14-18H2,1-2H3. The number of aromatic nitrogens is 2. The molecule has 0 saturated carbocycles. The molecule has 2 heterocycles. The molecule has 1 aromatic heterocycles. The summed E-state index contributed by atoms with van der Waals surface area (Å²) in [7, 11) is 1.65. The number of aryl methyl sites for hydroxylation is 1. The van der Waals surface area contributed by atoms with Gasteiger partial charge in [-0.3, -0.25) is 9.59 Å². The van der Waals surface area contributed by atoms with E-state index in [1.165, 1.54) is 16.3 Å². The van der Waals surface area contributed by atoms with E-state index in [1.807, 2.05) is 36.4 Å². The zero-order valence-corrected chi connectivity index (χ0v) is 18.5. The van der Waals surface area contributed by atoms with Crippen LogP contribution in [0.15, 0.2) is 65.5 Å². The zero-order chi connectivity index (χ0) is 22.5. The molecule has 1 fully saturated rings. The second kappa shape index (κ2) is 9.68. The molecule has 1 aliphatic rings. The number of carbonyl (C=O) groups excluding carboxylic acids is 1. The Labute approximate surface area is 187 Å². The van der Waals surface area contributed by atoms with Gasteiger partial charge in [0.25, 0.3) is 5.56 Å². The Bertz CT molecular complexity index is 1120. The van der Waals surface area contributed by atoms with Gasteiger partial charge < -0.3 is 14.5 Å². The van der Waals surface area contributed by atoms with Crippen LogP contribution < -0.4 is 15.2 Å². The minimum atomic E-state index is -0.274. The van der Waals surface area contributed by atoms with Gasteiger partial charge in [0.05, 0.1) is 12.8 Å². The summed E-state index contributed by atoms with van der Waals surface area (Å²) in [5, 5.41) is 4.45. The summed E-state index contributed by atoms with van der Waals surface area (Å²) in [5.41, 5.74) is 3.69. The van der Waals surface area contributed by atoms with E-state index in [0.717, 1.165) is 36.5 Å². The highest BCUT2D eigenvalue weighted by atomic mass is 16.5. The summed E-state index contributed by atoms with van der Waals surface area (Å²) in [5.74, 6) is 0.733. The van der Waals surface area contributed by atoms with Crippen LogP contribution in [0.1, 0.15) is 12.5 Å². The number of rotatable bonds is 6. The first-order chi connectivity index (χ1) is 15.6. The van der Waals surface area contributed by atoms with Crippen molar-refractivity contribution in [2.75, 3.05) is 38.2 Å². The van der Waals surface area contributed by atoms with E-state index < -0.39 is 0 Å². The number of carbonyl (C=O) groups is 1. The normalized spacial score (nSPS) is 13.8. The fourth-order valence-electron chi connectivity index (χ4n) is 3.86. The first kappa shape index (κ1) is 21.6. The molecule has 0 bridgehead atoms. The summed E-state index contributed by atoms with van der Waals surface area (Å²) >= 11 is 0. The maximum Gasteiger partial charge on any atom is 0.267 e. The Hall–Kier alpha value is -3.61. The SMILES string of the molecule is CCc1ccc(-c2ccc(=O)n(CC(=O)N3CCN(c4ccc(OC)cc4)CC3)n2)cc1. The molecule has 7 heteroatoms. The third-order valence-electron chi connectivity index (χ3n) is 5.88. The average Bonchev–Trinajstić information content (AvgIpc) is 2.85. The molecule has 4 rings (SSSR count). The van der Waals surface area contributed by atoms with Crippen molar-refractivity contribution in [3.05, 3.63) is 76.6 Å². The maximum absolute atomic E-state index is 12.9. The molecule has 0 radical (unpaired) electrons. The summed E-state index contributed by atoms with van der Waals surface area (Å²) in [6.07, 6.45) is 0.966. The van der Waals surface area contributed by atoms with Crippen LogP contribution in [0.5, 0.6) is 5.75 Å². The van der Waals surface area contributed by atoms with Gasteiger partial charge in [0.1, 0.15) is 12.3 Å². The number of nitrogens with zero attached hydrogens (tertiary/aromatic N) is 4. The van der Waals surface area contributed by atoms with Crippen LogP contribution in [0.25, 0.3) is 11.3 Å². The van der Waals surface area contributed by atoms with Crippen LogP contribution in [-0.4, -0.2) is 53.9 Å². The smallest absolute Gasteiger partial charge is 0.267 e. The van der Waals surface area contributed by atoms with Crippen LogP contribution in [0.4, 0.5) is 5.69 Å². The van der Waals surface area contributed by atoms with Gasteiger partial charge in [-0.2, -0.15) is 5.10 Å². The molecule has 0 atom stereocenters. The first-order valence-corrected chi connectivity index (χ1v) is 10.9. The topological polar surface area (TPSA) is 67.7 Å². The summed E-state index contributed by atoms with van der Waals surface area (Å²) in [6, 6.07) is 19.2. The molecule has 32 heavy (non-hydrogen) atoms. The number of piperazine rings is 1. The summed E-state index contributed by atoms with van der Waals surface area (Å²) in [6.45, 7) is 4.75. The predicted octanol–water partition coefficient (Wildman–Crippen LogP) is 2.83. The number of hydrogen-bond donors (Lipinski definition) is 0. The third-order valence-corrected chi connectivity index (χ3v) is 5.88. The number of amides is 1. The molecule has 0 N–H and O–H groups in total. The molecule has 1 saturated heterocycles. The van der Waals surface area contributed by atoms with E-state index in [4.69, 9.17) is 4.74 Å². The Morgan fingerprint density at radius 2 is 1.62 bits per heavy atom. The van der Waals surface area contributed by atoms with Gasteiger partial charge in [-0.05, 0) is 42.3 Å². The molecule has 0 aliphatic carbocycles. The summed E-state index contributed by atoms with van der Waals surface area (Å²) < 4.78 is 6.48. The van der Waals surface area contributed by atoms with Crippen LogP contribution in [-0.2, 0) is 17.8 Å². The van der Waals surface area contributed by atoms with E-state index >= 15 is 0 Å². The largest absolute Gasteiger partial charge is 0.497 e. The van der Waals surface area contributed by atoms with Crippen LogP contribution in [0.3, 0.4) is 0 Å². The van der Waals surface area contributed by atoms with E-state index in [9.17, 15) is 9.59 Å². The first-order valence-electron chi connectivity index (χ1n) is 10.9. The van der Waals surface area contributed by atoms with Crippen molar-refractivity contribution in [3.63, 3.8) is 0 Å². The molecule has 2 aromatic carbocycles. The monoisotopic (exact) mass is 432 g/mol. The summed E-state index contributed by atoms with van der Waals surface area (Å²) in [4.78, 5) is 29.2. The lowest BCUT2D eigenvalue weighted by atomic mass is 10.1. The number of benzene rings is 2. The van der Waals surface area contributed by atoms with Gasteiger partial charge in [-0.15, -0.1) is 0 Å². The van der Waals surface area contributed by atoms with Gasteiger partial charge in [-0.1, -0.05) is 31.2 Å². The number of ether oxygens (including phenoxy) is 1. The number of methoxy groups -OCH3 is 1. The van der Waals surface area contributed by atoms with Gasteiger partial charge >= 0.3 is 0 Å². The minimum Gasteiger partial charge on any atom is -0.497 e. The van der Waals surface area contributed by atoms with Crippen molar-refractivity contribution in [3.8, 4) is 17.0 Å². The lowest BCUT2D eigenvalue weighted by molar-refractivity contribution is -0.132. The predicted molar refractivity (Wildman–Crippen MR) is 125 cm³/mol. The van der Waals surface area contributed by atoms with Gasteiger partial charge in [-0.25, -0.2) is 4.68 Å². The molecule has 1 amide bonds. The number of anilines is 1. The van der Waals surface area contributed by atoms with Crippen molar-refractivity contribution in [1.82, 2.24) is 14.7 Å². The Morgan fingerprint density at radius 3 is 2.25 bits per heavy atom. The molecule has 7 nitrogen and oxygen atoms in total. The van der Waals surface area contributed by atoms with E-state index in [-0.39, 0.29) is 18.0 Å². The molecular formula is C25H28N4O3. The molecule has 0 spiro atoms. The fraction of sp³-hybridized carbons (Fsp3) is 0.320. The average molecular weight is 433 g/mol. The zero-order valence-electron chi connectivity index (χ0n) is 18.5. The molecule has 166 valence electrons. The Morgan fingerprint density at radius 1 is 0.938 bits per heavy atom. The highest BCUT2D eigenvalue weighted by Gasteiger charge is 2.22. The van der Waals surface area contributed by atoms with Crippen molar-refractivity contribution in [2.24, 2.45) is 0 Å². The molecule has 3 aromatic rings. The van der Waals surface area contributed by atoms with Crippen LogP contribution in [0.2, 0.25) is 0 Å².